The molecule has 0 spiro atoms. The first-order valence-corrected chi connectivity index (χ1v) is 12.9. The summed E-state index contributed by atoms with van der Waals surface area (Å²) in [7, 11) is -8.07. The van der Waals surface area contributed by atoms with Gasteiger partial charge in [-0.25, -0.2) is 12.8 Å². The maximum atomic E-state index is 13.2. The van der Waals surface area contributed by atoms with Crippen LogP contribution in [0.2, 0.25) is 0 Å². The summed E-state index contributed by atoms with van der Waals surface area (Å²) in [6.07, 6.45) is 1.38. The van der Waals surface area contributed by atoms with Crippen LogP contribution in [0.15, 0.2) is 70.6 Å². The summed E-state index contributed by atoms with van der Waals surface area (Å²) in [4.78, 5) is 2.93. The van der Waals surface area contributed by atoms with Gasteiger partial charge in [-0.2, -0.15) is 8.42 Å². The lowest BCUT2D eigenvalue weighted by Gasteiger charge is -2.14. The molecular weight excluding hydrogens is 469 g/mol. The van der Waals surface area contributed by atoms with Crippen molar-refractivity contribution in [3.8, 4) is 11.5 Å². The lowest BCUT2D eigenvalue weighted by atomic mass is 10.1. The Morgan fingerprint density at radius 1 is 0.939 bits per heavy atom. The Labute approximate surface area is 190 Å². The van der Waals surface area contributed by atoms with Gasteiger partial charge in [0.2, 0.25) is 9.84 Å². The first kappa shape index (κ1) is 23.0. The van der Waals surface area contributed by atoms with Gasteiger partial charge in [-0.1, -0.05) is 12.1 Å². The van der Waals surface area contributed by atoms with Crippen LogP contribution in [0.4, 0.5) is 4.39 Å². The predicted octanol–water partition coefficient (Wildman–Crippen LogP) is 4.94. The molecule has 1 aromatic heterocycles. The van der Waals surface area contributed by atoms with Gasteiger partial charge in [-0.15, -0.1) is 0 Å². The number of hydrogen-bond acceptors (Lipinski definition) is 5. The van der Waals surface area contributed by atoms with Gasteiger partial charge in [0.25, 0.3) is 10.1 Å². The molecule has 4 rings (SSSR count). The number of nitrogens with one attached hydrogen (secondary N) is 1. The Hall–Kier alpha value is -3.21. The minimum atomic E-state index is -4.17. The van der Waals surface area contributed by atoms with E-state index in [1.165, 1.54) is 18.3 Å². The highest BCUT2D eigenvalue weighted by atomic mass is 32.2. The highest BCUT2D eigenvalue weighted by Gasteiger charge is 2.22. The maximum Gasteiger partial charge on any atom is 0.269 e. The van der Waals surface area contributed by atoms with Crippen molar-refractivity contribution in [1.82, 2.24) is 4.98 Å². The van der Waals surface area contributed by atoms with Crippen LogP contribution in [-0.2, 0) is 25.7 Å². The largest absolute Gasteiger partial charge is 0.457 e. The van der Waals surface area contributed by atoms with E-state index in [2.05, 4.69) is 4.98 Å². The fourth-order valence-electron chi connectivity index (χ4n) is 3.71. The summed E-state index contributed by atoms with van der Waals surface area (Å²) in [6.45, 7) is 3.49. The van der Waals surface area contributed by atoms with Crippen molar-refractivity contribution < 1.29 is 30.5 Å². The van der Waals surface area contributed by atoms with E-state index in [-0.39, 0.29) is 9.79 Å². The number of sulfone groups is 1. The third-order valence-corrected chi connectivity index (χ3v) is 7.63. The highest BCUT2D eigenvalue weighted by molar-refractivity contribution is 7.91. The fourth-order valence-corrected chi connectivity index (χ4v) is 5.72. The van der Waals surface area contributed by atoms with Gasteiger partial charge in [-0.3, -0.25) is 4.55 Å². The number of rotatable bonds is 6. The van der Waals surface area contributed by atoms with Crippen LogP contribution in [0.1, 0.15) is 16.7 Å². The second-order valence-corrected chi connectivity index (χ2v) is 11.1. The van der Waals surface area contributed by atoms with E-state index in [9.17, 15) is 21.2 Å². The van der Waals surface area contributed by atoms with Gasteiger partial charge in [0.1, 0.15) is 23.1 Å². The molecule has 1 heterocycles. The van der Waals surface area contributed by atoms with Crippen LogP contribution < -0.4 is 4.74 Å². The third kappa shape index (κ3) is 4.77. The van der Waals surface area contributed by atoms with Crippen molar-refractivity contribution in [3.05, 3.63) is 83.3 Å². The number of aryl methyl sites for hydroxylation is 2. The van der Waals surface area contributed by atoms with Crippen molar-refractivity contribution in [2.24, 2.45) is 0 Å². The van der Waals surface area contributed by atoms with Gasteiger partial charge >= 0.3 is 0 Å². The Kier molecular flexibility index (Phi) is 5.77. The molecule has 0 amide bonds. The van der Waals surface area contributed by atoms with Crippen molar-refractivity contribution in [3.63, 3.8) is 0 Å². The molecule has 0 bridgehead atoms. The molecule has 0 aliphatic rings. The number of halogens is 1. The summed E-state index contributed by atoms with van der Waals surface area (Å²) in [5.74, 6) is -0.162. The summed E-state index contributed by atoms with van der Waals surface area (Å²) >= 11 is 0. The quantitative estimate of drug-likeness (QED) is 0.293. The zero-order valence-corrected chi connectivity index (χ0v) is 19.3. The average Bonchev–Trinajstić information content (AvgIpc) is 3.14. The third-order valence-electron chi connectivity index (χ3n) is 5.12. The Bertz CT molecular complexity index is 1550. The minimum Gasteiger partial charge on any atom is -0.457 e. The van der Waals surface area contributed by atoms with E-state index >= 15 is 0 Å². The Morgan fingerprint density at radius 2 is 1.58 bits per heavy atom. The molecule has 0 aliphatic carbocycles. The van der Waals surface area contributed by atoms with Gasteiger partial charge in [0.05, 0.1) is 9.79 Å². The molecule has 0 saturated heterocycles. The summed E-state index contributed by atoms with van der Waals surface area (Å²) in [5, 5.41) is 0.412. The molecule has 0 unspecified atom stereocenters. The second-order valence-electron chi connectivity index (χ2n) is 7.70. The van der Waals surface area contributed by atoms with Crippen LogP contribution in [0.25, 0.3) is 10.9 Å². The monoisotopic (exact) mass is 489 g/mol. The zero-order valence-electron chi connectivity index (χ0n) is 17.7. The summed E-state index contributed by atoms with van der Waals surface area (Å²) in [5.41, 5.74) is 2.32. The minimum absolute atomic E-state index is 0.0303. The number of benzene rings is 3. The first-order chi connectivity index (χ1) is 15.4. The molecular formula is C23H20FNO6S2. The highest BCUT2D eigenvalue weighted by Crippen LogP contribution is 2.35. The van der Waals surface area contributed by atoms with E-state index < -0.39 is 31.5 Å². The number of aromatic nitrogens is 1. The van der Waals surface area contributed by atoms with Crippen LogP contribution in [0.3, 0.4) is 0 Å². The molecule has 33 heavy (non-hydrogen) atoms. The van der Waals surface area contributed by atoms with Crippen molar-refractivity contribution in [2.75, 3.05) is 0 Å². The number of hydrogen-bond donors (Lipinski definition) is 2. The maximum absolute atomic E-state index is 13.2. The number of aromatic amines is 1. The molecule has 0 fully saturated rings. The predicted molar refractivity (Wildman–Crippen MR) is 121 cm³/mol. The Balaban J connectivity index is 1.72. The molecule has 4 aromatic rings. The van der Waals surface area contributed by atoms with E-state index in [1.807, 2.05) is 0 Å². The molecule has 0 saturated carbocycles. The molecule has 0 radical (unpaired) electrons. The topological polar surface area (TPSA) is 114 Å². The lowest BCUT2D eigenvalue weighted by Crippen LogP contribution is -2.03. The molecule has 3 aromatic carbocycles. The van der Waals surface area contributed by atoms with Crippen molar-refractivity contribution in [2.45, 2.75) is 29.4 Å². The van der Waals surface area contributed by atoms with Crippen LogP contribution in [0.5, 0.6) is 11.5 Å². The van der Waals surface area contributed by atoms with Gasteiger partial charge < -0.3 is 9.72 Å². The first-order valence-electron chi connectivity index (χ1n) is 9.79. The number of fused-ring (bicyclic) bond motifs is 1. The van der Waals surface area contributed by atoms with Crippen LogP contribution >= 0.6 is 0 Å². The van der Waals surface area contributed by atoms with Crippen LogP contribution in [-0.4, -0.2) is 26.4 Å². The summed E-state index contributed by atoms with van der Waals surface area (Å²) in [6, 6.07) is 12.8. The molecule has 2 N–H and O–H groups in total. The number of H-pyrrole nitrogens is 1. The molecule has 0 aliphatic heterocycles. The summed E-state index contributed by atoms with van der Waals surface area (Å²) < 4.78 is 76.9. The van der Waals surface area contributed by atoms with Gasteiger partial charge in [0, 0.05) is 17.1 Å². The molecule has 0 atom stereocenters. The molecule has 172 valence electrons. The van der Waals surface area contributed by atoms with Gasteiger partial charge in [0.15, 0.2) is 0 Å². The van der Waals surface area contributed by atoms with Crippen LogP contribution in [0, 0.1) is 19.7 Å². The van der Waals surface area contributed by atoms with E-state index in [0.717, 1.165) is 12.1 Å². The Morgan fingerprint density at radius 3 is 2.18 bits per heavy atom. The molecule has 7 nitrogen and oxygen atoms in total. The van der Waals surface area contributed by atoms with Crippen molar-refractivity contribution >= 4 is 30.9 Å². The van der Waals surface area contributed by atoms with Crippen molar-refractivity contribution in [1.29, 1.82) is 0 Å². The van der Waals surface area contributed by atoms with E-state index in [1.54, 1.807) is 44.2 Å². The van der Waals surface area contributed by atoms with E-state index in [4.69, 9.17) is 9.29 Å². The standard InChI is InChI=1S/C23H20FNO6S2/c1-14-9-16(13-32(26,27)28)10-15(2)23(14)31-18-5-8-21-20(11-18)22(12-25-21)33(29,30)19-6-3-17(24)4-7-19/h3-12,25H,13H2,1-2H3,(H,26,27,28). The SMILES string of the molecule is Cc1cc(CS(=O)(=O)O)cc(C)c1Oc1ccc2[nH]cc(S(=O)(=O)c3ccc(F)cc3)c2c1. The fraction of sp³-hybridized carbons (Fsp3) is 0.130. The van der Waals surface area contributed by atoms with Gasteiger partial charge in [-0.05, 0) is 73.0 Å². The average molecular weight is 490 g/mol. The molecule has 10 heteroatoms. The second kappa shape index (κ2) is 8.29. The normalized spacial score (nSPS) is 12.2. The zero-order chi connectivity index (χ0) is 24.0. The number of ether oxygens (including phenoxy) is 1. The smallest absolute Gasteiger partial charge is 0.269 e. The lowest BCUT2D eigenvalue weighted by molar-refractivity contribution is 0.474. The van der Waals surface area contributed by atoms with E-state index in [0.29, 0.717) is 39.1 Å².